The lowest BCUT2D eigenvalue weighted by Gasteiger charge is -2.13. The molecular weight excluding hydrogens is 258 g/mol. The molecule has 0 radical (unpaired) electrons. The molecule has 108 valence electrons. The number of aromatic nitrogens is 2. The van der Waals surface area contributed by atoms with Crippen molar-refractivity contribution in [2.24, 2.45) is 5.92 Å². The molecule has 1 aliphatic carbocycles. The lowest BCUT2D eigenvalue weighted by Crippen LogP contribution is -2.27. The fourth-order valence-electron chi connectivity index (χ4n) is 3.13. The van der Waals surface area contributed by atoms with Gasteiger partial charge in [-0.2, -0.15) is 5.10 Å². The minimum absolute atomic E-state index is 0.711. The number of rotatable bonds is 6. The molecule has 0 amide bonds. The molecule has 1 aliphatic rings. The molecule has 2 unspecified atom stereocenters. The van der Waals surface area contributed by atoms with Gasteiger partial charge in [-0.3, -0.25) is 4.68 Å². The number of nitrogens with zero attached hydrogens (tertiary/aromatic N) is 2. The highest BCUT2D eigenvalue weighted by Crippen LogP contribution is 2.31. The van der Waals surface area contributed by atoms with E-state index >= 15 is 0 Å². The molecule has 0 saturated heterocycles. The van der Waals surface area contributed by atoms with Crippen LogP contribution in [0.4, 0.5) is 0 Å². The molecular formula is C15H26ClN3. The highest BCUT2D eigenvalue weighted by atomic mass is 35.5. The van der Waals surface area contributed by atoms with Gasteiger partial charge in [0.05, 0.1) is 16.4 Å². The van der Waals surface area contributed by atoms with Crippen LogP contribution >= 0.6 is 11.6 Å². The second-order valence-electron chi connectivity index (χ2n) is 5.70. The predicted molar refractivity (Wildman–Crippen MR) is 80.8 cm³/mol. The van der Waals surface area contributed by atoms with Gasteiger partial charge >= 0.3 is 0 Å². The molecule has 0 aromatic carbocycles. The van der Waals surface area contributed by atoms with Crippen LogP contribution in [0.3, 0.4) is 0 Å². The fourth-order valence-corrected chi connectivity index (χ4v) is 3.34. The summed E-state index contributed by atoms with van der Waals surface area (Å²) in [5.41, 5.74) is 2.21. The topological polar surface area (TPSA) is 29.9 Å². The Balaban J connectivity index is 1.95. The molecule has 0 bridgehead atoms. The third kappa shape index (κ3) is 3.51. The van der Waals surface area contributed by atoms with E-state index in [1.54, 1.807) is 0 Å². The Morgan fingerprint density at radius 1 is 1.37 bits per heavy atom. The zero-order chi connectivity index (χ0) is 13.8. The van der Waals surface area contributed by atoms with E-state index in [4.69, 9.17) is 11.6 Å². The zero-order valence-electron chi connectivity index (χ0n) is 12.4. The first kappa shape index (κ1) is 14.9. The van der Waals surface area contributed by atoms with Crippen molar-refractivity contribution in [1.82, 2.24) is 15.1 Å². The summed E-state index contributed by atoms with van der Waals surface area (Å²) >= 11 is 6.39. The van der Waals surface area contributed by atoms with E-state index in [1.165, 1.54) is 31.4 Å². The first-order chi connectivity index (χ1) is 9.15. The van der Waals surface area contributed by atoms with E-state index in [1.807, 2.05) is 6.92 Å². The summed E-state index contributed by atoms with van der Waals surface area (Å²) in [5.74, 6) is 0.758. The minimum Gasteiger partial charge on any atom is -0.314 e. The van der Waals surface area contributed by atoms with Crippen LogP contribution in [0, 0.1) is 12.8 Å². The predicted octanol–water partition coefficient (Wildman–Crippen LogP) is 3.58. The van der Waals surface area contributed by atoms with Crippen LogP contribution in [-0.4, -0.2) is 22.4 Å². The van der Waals surface area contributed by atoms with Crippen molar-refractivity contribution < 1.29 is 0 Å². The number of nitrogens with one attached hydrogen (secondary N) is 1. The number of hydrogen-bond donors (Lipinski definition) is 1. The monoisotopic (exact) mass is 283 g/mol. The van der Waals surface area contributed by atoms with Gasteiger partial charge in [0.25, 0.3) is 0 Å². The van der Waals surface area contributed by atoms with Gasteiger partial charge in [-0.25, -0.2) is 0 Å². The standard InChI is InChI=1S/C15H26ClN3/c1-4-8-17-13-7-6-12(9-13)10-14-15(16)11(3)18-19(14)5-2/h12-13,17H,4-10H2,1-3H3. The van der Waals surface area contributed by atoms with E-state index in [2.05, 4.69) is 28.9 Å². The zero-order valence-corrected chi connectivity index (χ0v) is 13.1. The van der Waals surface area contributed by atoms with Crippen molar-refractivity contribution >= 4 is 11.6 Å². The number of halogens is 1. The Kier molecular flexibility index (Phi) is 5.28. The first-order valence-corrected chi connectivity index (χ1v) is 7.98. The minimum atomic E-state index is 0.711. The molecule has 1 heterocycles. The molecule has 2 atom stereocenters. The summed E-state index contributed by atoms with van der Waals surface area (Å²) in [6, 6.07) is 0.711. The lowest BCUT2D eigenvalue weighted by molar-refractivity contribution is 0.470. The Morgan fingerprint density at radius 2 is 2.16 bits per heavy atom. The maximum Gasteiger partial charge on any atom is 0.0847 e. The smallest absolute Gasteiger partial charge is 0.0847 e. The molecule has 1 N–H and O–H groups in total. The van der Waals surface area contributed by atoms with Crippen molar-refractivity contribution in [2.75, 3.05) is 6.54 Å². The van der Waals surface area contributed by atoms with Crippen molar-refractivity contribution in [3.63, 3.8) is 0 Å². The molecule has 1 aromatic rings. The average Bonchev–Trinajstić information content (AvgIpc) is 2.96. The van der Waals surface area contributed by atoms with Gasteiger partial charge in [-0.15, -0.1) is 0 Å². The quantitative estimate of drug-likeness (QED) is 0.865. The van der Waals surface area contributed by atoms with Crippen LogP contribution in [0.2, 0.25) is 5.02 Å². The molecule has 0 aliphatic heterocycles. The third-order valence-corrected chi connectivity index (χ3v) is 4.65. The molecule has 3 nitrogen and oxygen atoms in total. The van der Waals surface area contributed by atoms with E-state index in [9.17, 15) is 0 Å². The molecule has 2 rings (SSSR count). The van der Waals surface area contributed by atoms with Crippen molar-refractivity contribution in [1.29, 1.82) is 0 Å². The van der Waals surface area contributed by atoms with E-state index in [-0.39, 0.29) is 0 Å². The normalized spacial score (nSPS) is 23.2. The summed E-state index contributed by atoms with van der Waals surface area (Å²) in [7, 11) is 0. The van der Waals surface area contributed by atoms with Gasteiger partial charge in [-0.1, -0.05) is 18.5 Å². The van der Waals surface area contributed by atoms with Crippen LogP contribution in [-0.2, 0) is 13.0 Å². The number of aryl methyl sites for hydroxylation is 2. The largest absolute Gasteiger partial charge is 0.314 e. The van der Waals surface area contributed by atoms with Gasteiger partial charge in [0.15, 0.2) is 0 Å². The van der Waals surface area contributed by atoms with Gasteiger partial charge in [-0.05, 0) is 58.4 Å². The highest BCUT2D eigenvalue weighted by molar-refractivity contribution is 6.31. The Morgan fingerprint density at radius 3 is 2.84 bits per heavy atom. The summed E-state index contributed by atoms with van der Waals surface area (Å²) in [6.45, 7) is 8.41. The molecule has 1 aromatic heterocycles. The lowest BCUT2D eigenvalue weighted by atomic mass is 10.0. The fraction of sp³-hybridized carbons (Fsp3) is 0.800. The molecule has 1 saturated carbocycles. The van der Waals surface area contributed by atoms with Crippen molar-refractivity contribution in [3.8, 4) is 0 Å². The third-order valence-electron chi connectivity index (χ3n) is 4.16. The summed E-state index contributed by atoms with van der Waals surface area (Å²) < 4.78 is 2.07. The van der Waals surface area contributed by atoms with Crippen molar-refractivity contribution in [3.05, 3.63) is 16.4 Å². The Labute approximate surface area is 121 Å². The van der Waals surface area contributed by atoms with Crippen LogP contribution in [0.5, 0.6) is 0 Å². The van der Waals surface area contributed by atoms with Crippen LogP contribution in [0.25, 0.3) is 0 Å². The number of hydrogen-bond acceptors (Lipinski definition) is 2. The first-order valence-electron chi connectivity index (χ1n) is 7.60. The average molecular weight is 284 g/mol. The Bertz CT molecular complexity index is 414. The second kappa shape index (κ2) is 6.76. The van der Waals surface area contributed by atoms with Crippen LogP contribution in [0.15, 0.2) is 0 Å². The van der Waals surface area contributed by atoms with E-state index < -0.39 is 0 Å². The van der Waals surface area contributed by atoms with E-state index in [0.717, 1.165) is 36.1 Å². The van der Waals surface area contributed by atoms with Crippen molar-refractivity contribution in [2.45, 2.75) is 65.5 Å². The maximum absolute atomic E-state index is 6.39. The summed E-state index contributed by atoms with van der Waals surface area (Å²) in [5, 5.41) is 9.03. The summed E-state index contributed by atoms with van der Waals surface area (Å²) in [6.07, 6.45) is 6.20. The SMILES string of the molecule is CCCNC1CCC(Cc2c(Cl)c(C)nn2CC)C1. The molecule has 1 fully saturated rings. The van der Waals surface area contributed by atoms with Gasteiger partial charge in [0.1, 0.15) is 0 Å². The Hall–Kier alpha value is -0.540. The van der Waals surface area contributed by atoms with Crippen LogP contribution < -0.4 is 5.32 Å². The highest BCUT2D eigenvalue weighted by Gasteiger charge is 2.26. The van der Waals surface area contributed by atoms with Gasteiger partial charge < -0.3 is 5.32 Å². The van der Waals surface area contributed by atoms with Gasteiger partial charge in [0.2, 0.25) is 0 Å². The molecule has 0 spiro atoms. The summed E-state index contributed by atoms with van der Waals surface area (Å²) in [4.78, 5) is 0. The van der Waals surface area contributed by atoms with Crippen LogP contribution in [0.1, 0.15) is 50.9 Å². The molecule has 4 heteroatoms. The second-order valence-corrected chi connectivity index (χ2v) is 6.07. The molecule has 19 heavy (non-hydrogen) atoms. The maximum atomic E-state index is 6.39. The van der Waals surface area contributed by atoms with Gasteiger partial charge in [0, 0.05) is 12.6 Å². The van der Waals surface area contributed by atoms with E-state index in [0.29, 0.717) is 6.04 Å².